The van der Waals surface area contributed by atoms with E-state index in [0.717, 1.165) is 9.87 Å². The van der Waals surface area contributed by atoms with Gasteiger partial charge in [-0.3, -0.25) is 10.2 Å². The number of benzene rings is 1. The first-order valence-corrected chi connectivity index (χ1v) is 10.8. The fourth-order valence-corrected chi connectivity index (χ4v) is 3.96. The molecule has 0 radical (unpaired) electrons. The zero-order valence-electron chi connectivity index (χ0n) is 17.6. The molecular weight excluding hydrogens is 412 g/mol. The number of amides is 1. The van der Waals surface area contributed by atoms with Gasteiger partial charge >= 0.3 is 12.1 Å². The molecule has 1 amide bonds. The lowest BCUT2D eigenvalue weighted by Gasteiger charge is -2.25. The van der Waals surface area contributed by atoms with E-state index in [-0.39, 0.29) is 30.7 Å². The molecular formula is C19H30N4O6S. The van der Waals surface area contributed by atoms with Crippen molar-refractivity contribution in [2.24, 2.45) is 5.73 Å². The normalized spacial score (nSPS) is 12.7. The number of nitrogens with two attached hydrogens (primary N) is 1. The maximum absolute atomic E-state index is 12.8. The molecule has 168 valence electrons. The van der Waals surface area contributed by atoms with Gasteiger partial charge in [-0.05, 0) is 52.7 Å². The van der Waals surface area contributed by atoms with Gasteiger partial charge in [-0.2, -0.15) is 0 Å². The van der Waals surface area contributed by atoms with Crippen LogP contribution in [0.2, 0.25) is 0 Å². The number of nitrogens with zero attached hydrogens (tertiary/aromatic N) is 1. The Morgan fingerprint density at radius 2 is 1.83 bits per heavy atom. The zero-order valence-corrected chi connectivity index (χ0v) is 18.5. The Labute approximate surface area is 177 Å². The first kappa shape index (κ1) is 25.2. The number of carbonyl (C=O) groups is 2. The lowest BCUT2D eigenvalue weighted by molar-refractivity contribution is -0.137. The minimum absolute atomic E-state index is 0.00253. The van der Waals surface area contributed by atoms with E-state index in [1.807, 2.05) is 6.92 Å². The molecule has 5 N–H and O–H groups in total. The number of hydrogen-bond donors (Lipinski definition) is 4. The van der Waals surface area contributed by atoms with E-state index in [4.69, 9.17) is 21.0 Å². The van der Waals surface area contributed by atoms with Gasteiger partial charge in [0, 0.05) is 12.6 Å². The molecule has 0 heterocycles. The molecule has 0 bridgehead atoms. The van der Waals surface area contributed by atoms with Crippen molar-refractivity contribution in [1.29, 1.82) is 5.41 Å². The lowest BCUT2D eigenvalue weighted by Crippen LogP contribution is -2.43. The smallest absolute Gasteiger partial charge is 0.407 e. The summed E-state index contributed by atoms with van der Waals surface area (Å²) < 4.78 is 31.5. The van der Waals surface area contributed by atoms with Crippen LogP contribution in [0.4, 0.5) is 4.79 Å². The quantitative estimate of drug-likeness (QED) is 0.336. The molecule has 0 spiro atoms. The first-order valence-electron chi connectivity index (χ1n) is 9.37. The second-order valence-corrected chi connectivity index (χ2v) is 9.72. The Morgan fingerprint density at radius 3 is 2.30 bits per heavy atom. The summed E-state index contributed by atoms with van der Waals surface area (Å²) in [5, 5.41) is 19.2. The van der Waals surface area contributed by atoms with E-state index < -0.39 is 39.7 Å². The molecule has 1 aromatic carbocycles. The topological polar surface area (TPSA) is 163 Å². The number of carboxylic acid groups (broad SMARTS) is 1. The Bertz CT molecular complexity index is 862. The van der Waals surface area contributed by atoms with Crippen LogP contribution >= 0.6 is 0 Å². The third kappa shape index (κ3) is 8.27. The van der Waals surface area contributed by atoms with Gasteiger partial charge in [0.15, 0.2) is 0 Å². The largest absolute Gasteiger partial charge is 0.481 e. The summed E-state index contributed by atoms with van der Waals surface area (Å²) in [6.07, 6.45) is -0.800. The number of rotatable bonds is 9. The third-order valence-electron chi connectivity index (χ3n) is 3.93. The van der Waals surface area contributed by atoms with Crippen LogP contribution in [0.1, 0.15) is 45.6 Å². The van der Waals surface area contributed by atoms with E-state index in [1.54, 1.807) is 32.9 Å². The van der Waals surface area contributed by atoms with Crippen molar-refractivity contribution < 1.29 is 27.9 Å². The second-order valence-electron chi connectivity index (χ2n) is 7.86. The third-order valence-corrected chi connectivity index (χ3v) is 5.76. The molecule has 1 aromatic rings. The van der Waals surface area contributed by atoms with Crippen LogP contribution < -0.4 is 11.1 Å². The monoisotopic (exact) mass is 442 g/mol. The molecule has 10 nitrogen and oxygen atoms in total. The summed E-state index contributed by atoms with van der Waals surface area (Å²) in [5.74, 6) is -1.77. The number of aryl methyl sites for hydroxylation is 1. The lowest BCUT2D eigenvalue weighted by atomic mass is 10.1. The molecule has 1 rings (SSSR count). The standard InChI is InChI=1S/C19H30N4O6S/c1-13-7-9-15(10-8-13)30(27,28)23(17(20)21)11-5-6-14(12-16(24)25)22-18(26)29-19(2,3)4/h7-10,14H,5-6,11-12H2,1-4H3,(H3,20,21)(H,22,26)(H,24,25)/t14-/m1/s1. The maximum atomic E-state index is 12.8. The van der Waals surface area contributed by atoms with Crippen molar-refractivity contribution in [3.8, 4) is 0 Å². The Balaban J connectivity index is 2.84. The van der Waals surface area contributed by atoms with E-state index in [9.17, 15) is 18.0 Å². The molecule has 0 saturated heterocycles. The van der Waals surface area contributed by atoms with Gasteiger partial charge in [0.25, 0.3) is 10.0 Å². The zero-order chi connectivity index (χ0) is 23.1. The molecule has 0 aliphatic carbocycles. The number of alkyl carbamates (subject to hydrolysis) is 1. The van der Waals surface area contributed by atoms with Gasteiger partial charge in [0.05, 0.1) is 11.3 Å². The summed E-state index contributed by atoms with van der Waals surface area (Å²) in [6, 6.07) is 5.36. The predicted molar refractivity (Wildman–Crippen MR) is 112 cm³/mol. The molecule has 0 aromatic heterocycles. The van der Waals surface area contributed by atoms with Gasteiger partial charge in [0.1, 0.15) is 5.60 Å². The van der Waals surface area contributed by atoms with Crippen LogP contribution in [0, 0.1) is 12.3 Å². The van der Waals surface area contributed by atoms with Crippen LogP contribution in [-0.2, 0) is 19.6 Å². The molecule has 0 aliphatic rings. The number of sulfonamides is 1. The SMILES string of the molecule is Cc1ccc(S(=O)(=O)N(CCC[C@H](CC(=O)O)NC(=O)OC(C)(C)C)C(=N)N)cc1. The molecule has 0 unspecified atom stereocenters. The predicted octanol–water partition coefficient (Wildman–Crippen LogP) is 2.03. The van der Waals surface area contributed by atoms with E-state index in [2.05, 4.69) is 5.32 Å². The number of nitrogens with one attached hydrogen (secondary N) is 2. The van der Waals surface area contributed by atoms with Crippen molar-refractivity contribution in [3.05, 3.63) is 29.8 Å². The number of aliphatic carboxylic acids is 1. The average molecular weight is 443 g/mol. The van der Waals surface area contributed by atoms with E-state index >= 15 is 0 Å². The highest BCUT2D eigenvalue weighted by Gasteiger charge is 2.26. The molecule has 11 heteroatoms. The number of hydrogen-bond acceptors (Lipinski definition) is 6. The average Bonchev–Trinajstić information content (AvgIpc) is 2.56. The van der Waals surface area contributed by atoms with Gasteiger partial charge in [-0.15, -0.1) is 0 Å². The highest BCUT2D eigenvalue weighted by atomic mass is 32.2. The summed E-state index contributed by atoms with van der Waals surface area (Å²) in [7, 11) is -4.03. The van der Waals surface area contributed by atoms with Gasteiger partial charge in [-0.1, -0.05) is 17.7 Å². The maximum Gasteiger partial charge on any atom is 0.407 e. The number of ether oxygens (including phenoxy) is 1. The summed E-state index contributed by atoms with van der Waals surface area (Å²) >= 11 is 0. The molecule has 30 heavy (non-hydrogen) atoms. The van der Waals surface area contributed by atoms with E-state index in [0.29, 0.717) is 0 Å². The van der Waals surface area contributed by atoms with Crippen LogP contribution in [0.3, 0.4) is 0 Å². The molecule has 0 saturated carbocycles. The van der Waals surface area contributed by atoms with Crippen LogP contribution in [0.25, 0.3) is 0 Å². The first-order chi connectivity index (χ1) is 13.7. The highest BCUT2D eigenvalue weighted by molar-refractivity contribution is 7.89. The second kappa shape index (κ2) is 10.3. The van der Waals surface area contributed by atoms with Crippen LogP contribution in [0.15, 0.2) is 29.2 Å². The Hall–Kier alpha value is -2.82. The van der Waals surface area contributed by atoms with Crippen molar-refractivity contribution in [1.82, 2.24) is 9.62 Å². The molecule has 0 fully saturated rings. The van der Waals surface area contributed by atoms with E-state index in [1.165, 1.54) is 12.1 Å². The van der Waals surface area contributed by atoms with Crippen molar-refractivity contribution in [2.45, 2.75) is 63.5 Å². The van der Waals surface area contributed by atoms with Gasteiger partial charge in [0.2, 0.25) is 5.96 Å². The number of carboxylic acids is 1. The van der Waals surface area contributed by atoms with Crippen LogP contribution in [-0.4, -0.2) is 54.0 Å². The fourth-order valence-electron chi connectivity index (χ4n) is 2.60. The molecule has 1 atom stereocenters. The minimum atomic E-state index is -4.03. The van der Waals surface area contributed by atoms with Crippen molar-refractivity contribution in [3.63, 3.8) is 0 Å². The number of carbonyl (C=O) groups excluding carboxylic acids is 1. The summed E-state index contributed by atoms with van der Waals surface area (Å²) in [6.45, 7) is 6.72. The van der Waals surface area contributed by atoms with Crippen molar-refractivity contribution in [2.75, 3.05) is 6.54 Å². The Morgan fingerprint density at radius 1 is 1.27 bits per heavy atom. The van der Waals surface area contributed by atoms with Crippen LogP contribution in [0.5, 0.6) is 0 Å². The summed E-state index contributed by atoms with van der Waals surface area (Å²) in [4.78, 5) is 23.0. The summed E-state index contributed by atoms with van der Waals surface area (Å²) in [5.41, 5.74) is 5.62. The minimum Gasteiger partial charge on any atom is -0.481 e. The van der Waals surface area contributed by atoms with Gasteiger partial charge in [-0.25, -0.2) is 17.5 Å². The Kier molecular flexibility index (Phi) is 8.64. The fraction of sp³-hybridized carbons (Fsp3) is 0.526. The van der Waals surface area contributed by atoms with Crippen molar-refractivity contribution >= 4 is 28.0 Å². The highest BCUT2D eigenvalue weighted by Crippen LogP contribution is 2.17. The number of guanidine groups is 1. The molecule has 0 aliphatic heterocycles. The van der Waals surface area contributed by atoms with Gasteiger partial charge < -0.3 is 20.9 Å².